The van der Waals surface area contributed by atoms with Gasteiger partial charge in [0.25, 0.3) is 0 Å². The molecule has 0 bridgehead atoms. The summed E-state index contributed by atoms with van der Waals surface area (Å²) < 4.78 is 9.60. The molecule has 0 amide bonds. The van der Waals surface area contributed by atoms with E-state index in [-0.39, 0.29) is 6.04 Å². The van der Waals surface area contributed by atoms with Gasteiger partial charge in [-0.2, -0.15) is 10.2 Å². The monoisotopic (exact) mass is 337 g/mol. The van der Waals surface area contributed by atoms with Crippen LogP contribution < -0.4 is 0 Å². The second kappa shape index (κ2) is 6.44. The van der Waals surface area contributed by atoms with Crippen molar-refractivity contribution in [2.75, 3.05) is 13.2 Å². The van der Waals surface area contributed by atoms with Crippen LogP contribution in [0.2, 0.25) is 0 Å². The Morgan fingerprint density at radius 2 is 2.04 bits per heavy atom. The fraction of sp³-hybridized carbons (Fsp3) is 0.421. The molecule has 1 atom stereocenters. The number of ether oxygens (including phenoxy) is 1. The van der Waals surface area contributed by atoms with Gasteiger partial charge in [-0.15, -0.1) is 0 Å². The third kappa shape index (κ3) is 3.22. The normalized spacial score (nSPS) is 17.3. The molecule has 1 unspecified atom stereocenters. The molecule has 3 aromatic rings. The highest BCUT2D eigenvalue weighted by Gasteiger charge is 2.23. The lowest BCUT2D eigenvalue weighted by atomic mass is 10.1. The van der Waals surface area contributed by atoms with Crippen LogP contribution in [0.3, 0.4) is 0 Å². The smallest absolute Gasteiger partial charge is 0.158 e. The highest BCUT2D eigenvalue weighted by atomic mass is 16.5. The lowest BCUT2D eigenvalue weighted by molar-refractivity contribution is 0.184. The minimum atomic E-state index is 0.274. The van der Waals surface area contributed by atoms with E-state index in [1.807, 2.05) is 23.2 Å². The Hall–Kier alpha value is -2.47. The van der Waals surface area contributed by atoms with Gasteiger partial charge in [-0.3, -0.25) is 4.68 Å². The van der Waals surface area contributed by atoms with E-state index < -0.39 is 0 Å². The molecule has 1 aliphatic heterocycles. The Morgan fingerprint density at radius 3 is 2.76 bits per heavy atom. The Labute approximate surface area is 147 Å². The molecule has 4 rings (SSSR count). The maximum atomic E-state index is 5.53. The molecule has 0 N–H and O–H groups in total. The van der Waals surface area contributed by atoms with E-state index in [9.17, 15) is 0 Å². The zero-order valence-electron chi connectivity index (χ0n) is 14.9. The average Bonchev–Trinajstić information content (AvgIpc) is 3.29. The molecule has 6 nitrogen and oxygen atoms in total. The zero-order valence-corrected chi connectivity index (χ0v) is 14.9. The molecule has 130 valence electrons. The van der Waals surface area contributed by atoms with Crippen molar-refractivity contribution in [2.45, 2.75) is 39.8 Å². The predicted octanol–water partition coefficient (Wildman–Crippen LogP) is 3.08. The quantitative estimate of drug-likeness (QED) is 0.734. The van der Waals surface area contributed by atoms with Gasteiger partial charge in [0.05, 0.1) is 24.9 Å². The highest BCUT2D eigenvalue weighted by Crippen LogP contribution is 2.26. The van der Waals surface area contributed by atoms with Gasteiger partial charge in [0.2, 0.25) is 0 Å². The largest absolute Gasteiger partial charge is 0.379 e. The van der Waals surface area contributed by atoms with Gasteiger partial charge in [-0.1, -0.05) is 18.2 Å². The number of rotatable bonds is 4. The molecule has 0 aliphatic carbocycles. The van der Waals surface area contributed by atoms with Crippen molar-refractivity contribution in [3.8, 4) is 11.4 Å². The topological polar surface area (TPSA) is 57.8 Å². The Balaban J connectivity index is 1.67. The van der Waals surface area contributed by atoms with E-state index in [0.717, 1.165) is 42.5 Å². The fourth-order valence-corrected chi connectivity index (χ4v) is 3.41. The number of nitrogens with zero attached hydrogens (tertiary/aromatic N) is 5. The summed E-state index contributed by atoms with van der Waals surface area (Å²) in [4.78, 5) is 4.67. The van der Waals surface area contributed by atoms with Gasteiger partial charge < -0.3 is 4.74 Å². The summed E-state index contributed by atoms with van der Waals surface area (Å²) in [5.74, 6) is 1.72. The molecule has 1 fully saturated rings. The van der Waals surface area contributed by atoms with Crippen molar-refractivity contribution in [1.29, 1.82) is 0 Å². The van der Waals surface area contributed by atoms with Gasteiger partial charge in [0.1, 0.15) is 5.82 Å². The minimum absolute atomic E-state index is 0.274. The SMILES string of the molecule is Cc1cc(C)n(Cc2cccc(-c3nc(C)nn3C3CCOC3)c2)n1. The molecule has 1 aliphatic rings. The molecular formula is C19H23N5O. The molecule has 0 spiro atoms. The van der Waals surface area contributed by atoms with E-state index in [0.29, 0.717) is 6.61 Å². The third-order valence-corrected chi connectivity index (χ3v) is 4.61. The van der Waals surface area contributed by atoms with Gasteiger partial charge in [-0.25, -0.2) is 9.67 Å². The zero-order chi connectivity index (χ0) is 17.4. The molecule has 0 radical (unpaired) electrons. The van der Waals surface area contributed by atoms with Gasteiger partial charge in [0.15, 0.2) is 5.82 Å². The summed E-state index contributed by atoms with van der Waals surface area (Å²) in [6.45, 7) is 8.31. The standard InChI is InChI=1S/C19H23N5O/c1-13-9-14(2)23(21-13)11-16-5-4-6-17(10-16)19-20-15(3)22-24(19)18-7-8-25-12-18/h4-6,9-10,18H,7-8,11-12H2,1-3H3. The fourth-order valence-electron chi connectivity index (χ4n) is 3.41. The highest BCUT2D eigenvalue weighted by molar-refractivity contribution is 5.56. The van der Waals surface area contributed by atoms with E-state index >= 15 is 0 Å². The van der Waals surface area contributed by atoms with Gasteiger partial charge >= 0.3 is 0 Å². The Kier molecular flexibility index (Phi) is 4.13. The average molecular weight is 337 g/mol. The molecule has 2 aromatic heterocycles. The van der Waals surface area contributed by atoms with Crippen LogP contribution in [0.4, 0.5) is 0 Å². The second-order valence-electron chi connectivity index (χ2n) is 6.73. The summed E-state index contributed by atoms with van der Waals surface area (Å²) in [6, 6.07) is 10.9. The van der Waals surface area contributed by atoms with E-state index in [1.165, 1.54) is 11.3 Å². The van der Waals surface area contributed by atoms with Crippen LogP contribution in [0.25, 0.3) is 11.4 Å². The van der Waals surface area contributed by atoms with Crippen molar-refractivity contribution in [1.82, 2.24) is 24.5 Å². The maximum Gasteiger partial charge on any atom is 0.158 e. The van der Waals surface area contributed by atoms with E-state index in [2.05, 4.69) is 52.4 Å². The first-order chi connectivity index (χ1) is 12.1. The summed E-state index contributed by atoms with van der Waals surface area (Å²) in [7, 11) is 0. The molecule has 6 heteroatoms. The summed E-state index contributed by atoms with van der Waals surface area (Å²) >= 11 is 0. The molecule has 1 saturated heterocycles. The van der Waals surface area contributed by atoms with Crippen molar-refractivity contribution >= 4 is 0 Å². The number of aromatic nitrogens is 5. The maximum absolute atomic E-state index is 5.53. The van der Waals surface area contributed by atoms with Crippen molar-refractivity contribution in [3.05, 3.63) is 53.1 Å². The lowest BCUT2D eigenvalue weighted by Gasteiger charge is -2.12. The molecular weight excluding hydrogens is 314 g/mol. The Morgan fingerprint density at radius 1 is 1.16 bits per heavy atom. The second-order valence-corrected chi connectivity index (χ2v) is 6.73. The summed E-state index contributed by atoms with van der Waals surface area (Å²) in [6.07, 6.45) is 0.987. The first-order valence-corrected chi connectivity index (χ1v) is 8.71. The number of hydrogen-bond acceptors (Lipinski definition) is 4. The number of benzene rings is 1. The van der Waals surface area contributed by atoms with Crippen molar-refractivity contribution in [2.24, 2.45) is 0 Å². The van der Waals surface area contributed by atoms with Crippen LogP contribution in [0.5, 0.6) is 0 Å². The number of hydrogen-bond donors (Lipinski definition) is 0. The van der Waals surface area contributed by atoms with Crippen molar-refractivity contribution in [3.63, 3.8) is 0 Å². The minimum Gasteiger partial charge on any atom is -0.379 e. The van der Waals surface area contributed by atoms with E-state index in [1.54, 1.807) is 0 Å². The van der Waals surface area contributed by atoms with Crippen LogP contribution >= 0.6 is 0 Å². The Bertz CT molecular complexity index is 889. The van der Waals surface area contributed by atoms with Crippen LogP contribution in [0.15, 0.2) is 30.3 Å². The summed E-state index contributed by atoms with van der Waals surface area (Å²) in [5, 5.41) is 9.17. The van der Waals surface area contributed by atoms with Crippen LogP contribution in [0, 0.1) is 20.8 Å². The molecule has 25 heavy (non-hydrogen) atoms. The van der Waals surface area contributed by atoms with Gasteiger partial charge in [0, 0.05) is 17.9 Å². The van der Waals surface area contributed by atoms with Crippen LogP contribution in [-0.4, -0.2) is 37.8 Å². The van der Waals surface area contributed by atoms with Gasteiger partial charge in [-0.05, 0) is 44.9 Å². The van der Waals surface area contributed by atoms with E-state index in [4.69, 9.17) is 4.74 Å². The van der Waals surface area contributed by atoms with Crippen LogP contribution in [-0.2, 0) is 11.3 Å². The van der Waals surface area contributed by atoms with Crippen molar-refractivity contribution < 1.29 is 4.74 Å². The third-order valence-electron chi connectivity index (χ3n) is 4.61. The predicted molar refractivity (Wildman–Crippen MR) is 95.5 cm³/mol. The number of aryl methyl sites for hydroxylation is 3. The first kappa shape index (κ1) is 16.0. The van der Waals surface area contributed by atoms with Crippen LogP contribution in [0.1, 0.15) is 35.2 Å². The lowest BCUT2D eigenvalue weighted by Crippen LogP contribution is -2.12. The molecule has 3 heterocycles. The molecule has 1 aromatic carbocycles. The summed E-state index contributed by atoms with van der Waals surface area (Å²) in [5.41, 5.74) is 4.51. The first-order valence-electron chi connectivity index (χ1n) is 8.71. The molecule has 0 saturated carbocycles.